The van der Waals surface area contributed by atoms with Crippen LogP contribution >= 0.6 is 0 Å². The molecule has 8 aromatic rings. The second-order valence-electron chi connectivity index (χ2n) is 13.3. The van der Waals surface area contributed by atoms with Gasteiger partial charge in [0.2, 0.25) is 0 Å². The van der Waals surface area contributed by atoms with Crippen molar-refractivity contribution in [2.75, 3.05) is 0 Å². The summed E-state index contributed by atoms with van der Waals surface area (Å²) < 4.78 is 0. The van der Waals surface area contributed by atoms with E-state index in [2.05, 4.69) is 152 Å². The van der Waals surface area contributed by atoms with Gasteiger partial charge in [0.05, 0.1) is 11.4 Å². The van der Waals surface area contributed by atoms with E-state index in [1.54, 1.807) is 12.4 Å². The van der Waals surface area contributed by atoms with Gasteiger partial charge in [0.15, 0.2) is 5.82 Å². The Balaban J connectivity index is 1.10. The second-order valence-corrected chi connectivity index (χ2v) is 13.3. The molecule has 2 heterocycles. The predicted octanol–water partition coefficient (Wildman–Crippen LogP) is 11.7. The van der Waals surface area contributed by atoms with Gasteiger partial charge in [0, 0.05) is 34.5 Å². The van der Waals surface area contributed by atoms with Crippen LogP contribution in [0.1, 0.15) is 25.0 Å². The van der Waals surface area contributed by atoms with Gasteiger partial charge in [-0.25, -0.2) is 9.97 Å². The first-order valence-electron chi connectivity index (χ1n) is 16.8. The molecule has 0 unspecified atom stereocenters. The molecule has 0 amide bonds. The molecule has 0 N–H and O–H groups in total. The molecule has 0 radical (unpaired) electrons. The van der Waals surface area contributed by atoms with Gasteiger partial charge in [-0.3, -0.25) is 4.98 Å². The Morgan fingerprint density at radius 2 is 1.04 bits per heavy atom. The van der Waals surface area contributed by atoms with Crippen molar-refractivity contribution in [3.63, 3.8) is 0 Å². The molecule has 3 nitrogen and oxygen atoms in total. The third-order valence-corrected chi connectivity index (χ3v) is 10.0. The lowest BCUT2D eigenvalue weighted by molar-refractivity contribution is 0.661. The van der Waals surface area contributed by atoms with Crippen LogP contribution in [0.3, 0.4) is 0 Å². The van der Waals surface area contributed by atoms with Crippen molar-refractivity contribution < 1.29 is 0 Å². The van der Waals surface area contributed by atoms with Crippen molar-refractivity contribution in [1.82, 2.24) is 15.0 Å². The van der Waals surface area contributed by atoms with Crippen molar-refractivity contribution in [3.05, 3.63) is 175 Å². The lowest BCUT2D eigenvalue weighted by atomic mass is 9.81. The van der Waals surface area contributed by atoms with Gasteiger partial charge in [-0.15, -0.1) is 0 Å². The molecule has 6 aromatic carbocycles. The van der Waals surface area contributed by atoms with Crippen LogP contribution in [-0.2, 0) is 5.41 Å². The summed E-state index contributed by atoms with van der Waals surface area (Å²) in [6.45, 7) is 4.70. The average molecular weight is 628 g/mol. The van der Waals surface area contributed by atoms with Gasteiger partial charge >= 0.3 is 0 Å². The van der Waals surface area contributed by atoms with Crippen LogP contribution in [0.4, 0.5) is 0 Å². The second kappa shape index (κ2) is 11.5. The van der Waals surface area contributed by atoms with E-state index in [1.807, 2.05) is 18.2 Å². The van der Waals surface area contributed by atoms with Crippen molar-refractivity contribution in [2.45, 2.75) is 19.3 Å². The summed E-state index contributed by atoms with van der Waals surface area (Å²) in [5, 5.41) is 2.61. The van der Waals surface area contributed by atoms with Crippen LogP contribution in [0.5, 0.6) is 0 Å². The zero-order valence-corrected chi connectivity index (χ0v) is 27.4. The normalized spacial score (nSPS) is 12.9. The minimum atomic E-state index is -0.0802. The van der Waals surface area contributed by atoms with Crippen LogP contribution in [-0.4, -0.2) is 15.0 Å². The van der Waals surface area contributed by atoms with E-state index in [1.165, 1.54) is 44.2 Å². The number of aromatic nitrogens is 3. The molecule has 0 saturated heterocycles. The molecule has 1 aliphatic carbocycles. The number of fused-ring (bicyclic) bond motifs is 5. The lowest BCUT2D eigenvalue weighted by Gasteiger charge is -2.22. The first-order valence-corrected chi connectivity index (χ1v) is 16.8. The molecule has 0 saturated carbocycles. The van der Waals surface area contributed by atoms with Crippen molar-refractivity contribution in [3.8, 4) is 67.3 Å². The molecule has 49 heavy (non-hydrogen) atoms. The standard InChI is InChI=1S/C46H33N3/c1-46(2)40-22-20-32-11-6-7-14-38(32)44(40)39-21-19-36(28-41(39)46)31-15-17-33(18-16-31)42-29-43(34-23-25-47-26-24-34)49-45(48-42)37-13-8-12-35(27-37)30-9-4-3-5-10-30/h3-29H,1-2H3. The number of rotatable bonds is 5. The monoisotopic (exact) mass is 627 g/mol. The fourth-order valence-electron chi connectivity index (χ4n) is 7.38. The highest BCUT2D eigenvalue weighted by atomic mass is 14.9. The minimum Gasteiger partial charge on any atom is -0.265 e. The van der Waals surface area contributed by atoms with E-state index < -0.39 is 0 Å². The van der Waals surface area contributed by atoms with Gasteiger partial charge in [-0.1, -0.05) is 135 Å². The minimum absolute atomic E-state index is 0.0802. The molecule has 0 fully saturated rings. The van der Waals surface area contributed by atoms with E-state index in [0.29, 0.717) is 5.82 Å². The fraction of sp³-hybridized carbons (Fsp3) is 0.0652. The molecule has 0 aliphatic heterocycles. The first-order chi connectivity index (χ1) is 24.0. The Bertz CT molecular complexity index is 2500. The molecule has 9 rings (SSSR count). The molecule has 0 bridgehead atoms. The molecule has 0 spiro atoms. The third-order valence-electron chi connectivity index (χ3n) is 10.0. The first kappa shape index (κ1) is 29.0. The predicted molar refractivity (Wildman–Crippen MR) is 202 cm³/mol. The van der Waals surface area contributed by atoms with Crippen molar-refractivity contribution >= 4 is 10.8 Å². The summed E-state index contributed by atoms with van der Waals surface area (Å²) in [5.41, 5.74) is 14.9. The maximum absolute atomic E-state index is 5.12. The number of nitrogens with zero attached hydrogens (tertiary/aromatic N) is 3. The van der Waals surface area contributed by atoms with Gasteiger partial charge in [0.1, 0.15) is 0 Å². The Morgan fingerprint density at radius 1 is 0.429 bits per heavy atom. The molecule has 232 valence electrons. The van der Waals surface area contributed by atoms with Gasteiger partial charge < -0.3 is 0 Å². The Morgan fingerprint density at radius 3 is 1.84 bits per heavy atom. The topological polar surface area (TPSA) is 38.7 Å². The number of hydrogen-bond donors (Lipinski definition) is 0. The summed E-state index contributed by atoms with van der Waals surface area (Å²) in [6, 6.07) is 54.0. The van der Waals surface area contributed by atoms with E-state index in [0.717, 1.165) is 39.2 Å². The fourth-order valence-corrected chi connectivity index (χ4v) is 7.38. The third kappa shape index (κ3) is 5.03. The summed E-state index contributed by atoms with van der Waals surface area (Å²) >= 11 is 0. The maximum Gasteiger partial charge on any atom is 0.160 e. The summed E-state index contributed by atoms with van der Waals surface area (Å²) in [5.74, 6) is 0.694. The summed E-state index contributed by atoms with van der Waals surface area (Å²) in [6.07, 6.45) is 3.61. The van der Waals surface area contributed by atoms with Gasteiger partial charge in [-0.05, 0) is 85.6 Å². The Hall–Kier alpha value is -6.19. The SMILES string of the molecule is CC1(C)c2cc(-c3ccc(-c4cc(-c5ccncc5)nc(-c5cccc(-c6ccccc6)c5)n4)cc3)ccc2-c2c1ccc1ccccc21. The largest absolute Gasteiger partial charge is 0.265 e. The van der Waals surface area contributed by atoms with Crippen LogP contribution in [0, 0.1) is 0 Å². The Labute approximate surface area is 286 Å². The van der Waals surface area contributed by atoms with Gasteiger partial charge in [-0.2, -0.15) is 0 Å². The van der Waals surface area contributed by atoms with Crippen LogP contribution < -0.4 is 0 Å². The zero-order valence-electron chi connectivity index (χ0n) is 27.4. The maximum atomic E-state index is 5.12. The van der Waals surface area contributed by atoms with E-state index in [9.17, 15) is 0 Å². The lowest BCUT2D eigenvalue weighted by Crippen LogP contribution is -2.15. The van der Waals surface area contributed by atoms with Crippen molar-refractivity contribution in [2.24, 2.45) is 0 Å². The van der Waals surface area contributed by atoms with E-state index in [-0.39, 0.29) is 5.41 Å². The quantitative estimate of drug-likeness (QED) is 0.191. The van der Waals surface area contributed by atoms with Crippen LogP contribution in [0.25, 0.3) is 78.1 Å². The van der Waals surface area contributed by atoms with Crippen LogP contribution in [0.15, 0.2) is 164 Å². The number of hydrogen-bond acceptors (Lipinski definition) is 3. The highest BCUT2D eigenvalue weighted by Gasteiger charge is 2.36. The smallest absolute Gasteiger partial charge is 0.160 e. The highest BCUT2D eigenvalue weighted by Crippen LogP contribution is 2.52. The summed E-state index contributed by atoms with van der Waals surface area (Å²) in [7, 11) is 0. The molecular formula is C46H33N3. The molecule has 2 aromatic heterocycles. The van der Waals surface area contributed by atoms with E-state index >= 15 is 0 Å². The van der Waals surface area contributed by atoms with Crippen LogP contribution in [0.2, 0.25) is 0 Å². The number of pyridine rings is 1. The van der Waals surface area contributed by atoms with Crippen molar-refractivity contribution in [1.29, 1.82) is 0 Å². The highest BCUT2D eigenvalue weighted by molar-refractivity contribution is 6.02. The summed E-state index contributed by atoms with van der Waals surface area (Å²) in [4.78, 5) is 14.4. The van der Waals surface area contributed by atoms with Gasteiger partial charge in [0.25, 0.3) is 0 Å². The Kier molecular flexibility index (Phi) is 6.80. The van der Waals surface area contributed by atoms with E-state index in [4.69, 9.17) is 9.97 Å². The zero-order chi connectivity index (χ0) is 33.0. The molecule has 3 heteroatoms. The number of benzene rings is 6. The molecule has 1 aliphatic rings. The molecule has 0 atom stereocenters. The average Bonchev–Trinajstić information content (AvgIpc) is 3.41. The molecular weight excluding hydrogens is 595 g/mol.